The smallest absolute Gasteiger partial charge is 0.224 e. The predicted octanol–water partition coefficient (Wildman–Crippen LogP) is 2.28. The van der Waals surface area contributed by atoms with E-state index in [4.69, 9.17) is 11.6 Å². The monoisotopic (exact) mass is 345 g/mol. The van der Waals surface area contributed by atoms with Gasteiger partial charge in [0.05, 0.1) is 18.6 Å². The van der Waals surface area contributed by atoms with E-state index in [9.17, 15) is 15.0 Å². The zero-order chi connectivity index (χ0) is 17.1. The van der Waals surface area contributed by atoms with Crippen LogP contribution in [0.3, 0.4) is 0 Å². The molecule has 24 heavy (non-hydrogen) atoms. The Morgan fingerprint density at radius 3 is 2.42 bits per heavy atom. The van der Waals surface area contributed by atoms with Gasteiger partial charge in [-0.1, -0.05) is 54.1 Å². The maximum absolute atomic E-state index is 12.3. The van der Waals surface area contributed by atoms with Crippen LogP contribution in [-0.4, -0.2) is 34.4 Å². The van der Waals surface area contributed by atoms with Crippen LogP contribution in [0.2, 0.25) is 5.02 Å². The van der Waals surface area contributed by atoms with Crippen LogP contribution in [0, 0.1) is 0 Å². The molecule has 0 unspecified atom stereocenters. The van der Waals surface area contributed by atoms with Gasteiger partial charge in [0.15, 0.2) is 0 Å². The highest BCUT2D eigenvalue weighted by Gasteiger charge is 2.42. The van der Waals surface area contributed by atoms with Gasteiger partial charge < -0.3 is 15.5 Å². The number of hydrogen-bond donors (Lipinski definition) is 3. The van der Waals surface area contributed by atoms with Gasteiger partial charge in [0.25, 0.3) is 0 Å². The van der Waals surface area contributed by atoms with Crippen molar-refractivity contribution >= 4 is 17.5 Å². The number of nitrogens with one attached hydrogen (secondary N) is 1. The Morgan fingerprint density at radius 2 is 1.75 bits per heavy atom. The van der Waals surface area contributed by atoms with Gasteiger partial charge in [-0.05, 0) is 29.7 Å². The molecule has 1 amide bonds. The normalized spacial score (nSPS) is 26.3. The van der Waals surface area contributed by atoms with E-state index in [0.29, 0.717) is 11.4 Å². The lowest BCUT2D eigenvalue weighted by Crippen LogP contribution is -2.45. The Kier molecular flexibility index (Phi) is 5.19. The first-order valence-corrected chi connectivity index (χ1v) is 8.37. The number of hydrogen-bond acceptors (Lipinski definition) is 3. The first-order valence-electron chi connectivity index (χ1n) is 7.99. The lowest BCUT2D eigenvalue weighted by Gasteiger charge is -2.24. The van der Waals surface area contributed by atoms with Gasteiger partial charge in [-0.3, -0.25) is 4.79 Å². The van der Waals surface area contributed by atoms with Crippen LogP contribution < -0.4 is 5.32 Å². The molecule has 1 fully saturated rings. The van der Waals surface area contributed by atoms with Crippen molar-refractivity contribution in [3.8, 4) is 0 Å². The minimum Gasteiger partial charge on any atom is -0.390 e. The maximum atomic E-state index is 12.3. The van der Waals surface area contributed by atoms with E-state index < -0.39 is 18.2 Å². The maximum Gasteiger partial charge on any atom is 0.224 e. The molecule has 5 heteroatoms. The number of halogens is 1. The molecule has 2 aromatic carbocycles. The summed E-state index contributed by atoms with van der Waals surface area (Å²) in [4.78, 5) is 12.3. The summed E-state index contributed by atoms with van der Waals surface area (Å²) in [6.07, 6.45) is -1.17. The molecular formula is C19H20ClNO3. The molecule has 4 nitrogen and oxygen atoms in total. The first kappa shape index (κ1) is 17.0. The standard InChI is InChI=1S/C19H20ClNO3/c20-14-8-6-12(7-9-14)10-17(23)21-18-15(11-16(22)19(18)24)13-4-2-1-3-5-13/h1-9,15-16,18-19,22,24H,10-11H2,(H,21,23)/t15-,16-,18-,19-/m1/s1. The molecule has 0 radical (unpaired) electrons. The summed E-state index contributed by atoms with van der Waals surface area (Å²) in [6, 6.07) is 16.2. The van der Waals surface area contributed by atoms with E-state index in [-0.39, 0.29) is 18.2 Å². The van der Waals surface area contributed by atoms with Gasteiger partial charge in [-0.15, -0.1) is 0 Å². The van der Waals surface area contributed by atoms with Crippen LogP contribution >= 0.6 is 11.6 Å². The molecule has 3 N–H and O–H groups in total. The molecule has 1 aliphatic carbocycles. The summed E-state index contributed by atoms with van der Waals surface area (Å²) in [5, 5.41) is 23.8. The third kappa shape index (κ3) is 3.78. The van der Waals surface area contributed by atoms with E-state index in [1.54, 1.807) is 24.3 Å². The van der Waals surface area contributed by atoms with E-state index in [0.717, 1.165) is 11.1 Å². The van der Waals surface area contributed by atoms with E-state index >= 15 is 0 Å². The average molecular weight is 346 g/mol. The zero-order valence-electron chi connectivity index (χ0n) is 13.1. The van der Waals surface area contributed by atoms with Crippen molar-refractivity contribution in [2.24, 2.45) is 0 Å². The summed E-state index contributed by atoms with van der Waals surface area (Å²) < 4.78 is 0. The van der Waals surface area contributed by atoms with Crippen molar-refractivity contribution in [1.29, 1.82) is 0 Å². The second-order valence-corrected chi connectivity index (χ2v) is 6.64. The number of carbonyl (C=O) groups is 1. The van der Waals surface area contributed by atoms with Gasteiger partial charge in [0.2, 0.25) is 5.91 Å². The van der Waals surface area contributed by atoms with E-state index in [2.05, 4.69) is 5.32 Å². The second kappa shape index (κ2) is 7.34. The first-order chi connectivity index (χ1) is 11.5. The molecule has 0 aliphatic heterocycles. The topological polar surface area (TPSA) is 69.6 Å². The van der Waals surface area contributed by atoms with Gasteiger partial charge in [-0.2, -0.15) is 0 Å². The van der Waals surface area contributed by atoms with Crippen molar-refractivity contribution in [3.05, 3.63) is 70.7 Å². The molecule has 126 valence electrons. The predicted molar refractivity (Wildman–Crippen MR) is 92.9 cm³/mol. The van der Waals surface area contributed by atoms with Crippen molar-refractivity contribution in [2.75, 3.05) is 0 Å². The Labute approximate surface area is 146 Å². The molecule has 3 rings (SSSR count). The van der Waals surface area contributed by atoms with Gasteiger partial charge in [-0.25, -0.2) is 0 Å². The van der Waals surface area contributed by atoms with E-state index in [1.807, 2.05) is 30.3 Å². The van der Waals surface area contributed by atoms with Crippen molar-refractivity contribution in [3.63, 3.8) is 0 Å². The largest absolute Gasteiger partial charge is 0.390 e. The molecule has 1 saturated carbocycles. The van der Waals surface area contributed by atoms with E-state index in [1.165, 1.54) is 0 Å². The zero-order valence-corrected chi connectivity index (χ0v) is 13.9. The minimum absolute atomic E-state index is 0.106. The second-order valence-electron chi connectivity index (χ2n) is 6.21. The van der Waals surface area contributed by atoms with Gasteiger partial charge in [0.1, 0.15) is 6.10 Å². The lowest BCUT2D eigenvalue weighted by atomic mass is 9.93. The summed E-state index contributed by atoms with van der Waals surface area (Å²) >= 11 is 5.85. The van der Waals surface area contributed by atoms with Crippen LogP contribution in [0.1, 0.15) is 23.5 Å². The average Bonchev–Trinajstić information content (AvgIpc) is 2.86. The molecule has 0 saturated heterocycles. The highest BCUT2D eigenvalue weighted by molar-refractivity contribution is 6.30. The summed E-state index contributed by atoms with van der Waals surface area (Å²) in [5.41, 5.74) is 1.85. The third-order valence-corrected chi connectivity index (χ3v) is 4.78. The van der Waals surface area contributed by atoms with Crippen LogP contribution in [0.15, 0.2) is 54.6 Å². The molecule has 2 aromatic rings. The quantitative estimate of drug-likeness (QED) is 0.796. The van der Waals surface area contributed by atoms with Gasteiger partial charge >= 0.3 is 0 Å². The van der Waals surface area contributed by atoms with Crippen LogP contribution in [0.25, 0.3) is 0 Å². The van der Waals surface area contributed by atoms with Crippen LogP contribution in [-0.2, 0) is 11.2 Å². The third-order valence-electron chi connectivity index (χ3n) is 4.52. The fraction of sp³-hybridized carbons (Fsp3) is 0.316. The van der Waals surface area contributed by atoms with Crippen LogP contribution in [0.4, 0.5) is 0 Å². The fourth-order valence-electron chi connectivity index (χ4n) is 3.28. The number of amides is 1. The molecule has 4 atom stereocenters. The highest BCUT2D eigenvalue weighted by Crippen LogP contribution is 2.35. The summed E-state index contributed by atoms with van der Waals surface area (Å²) in [7, 11) is 0. The number of carbonyl (C=O) groups excluding carboxylic acids is 1. The molecule has 1 aliphatic rings. The Hall–Kier alpha value is -1.88. The number of benzene rings is 2. The van der Waals surface area contributed by atoms with Crippen molar-refractivity contribution in [2.45, 2.75) is 37.0 Å². The number of aliphatic hydroxyl groups is 2. The molecule has 0 bridgehead atoms. The van der Waals surface area contributed by atoms with Crippen molar-refractivity contribution in [1.82, 2.24) is 5.32 Å². The Morgan fingerprint density at radius 1 is 1.08 bits per heavy atom. The summed E-state index contributed by atoms with van der Waals surface area (Å²) in [6.45, 7) is 0. The lowest BCUT2D eigenvalue weighted by molar-refractivity contribution is -0.122. The number of rotatable bonds is 4. The molecular weight excluding hydrogens is 326 g/mol. The minimum atomic E-state index is -0.968. The molecule has 0 spiro atoms. The molecule has 0 heterocycles. The Bertz CT molecular complexity index is 690. The fourth-order valence-corrected chi connectivity index (χ4v) is 3.40. The summed E-state index contributed by atoms with van der Waals surface area (Å²) in [5.74, 6) is -0.290. The van der Waals surface area contributed by atoms with Crippen molar-refractivity contribution < 1.29 is 15.0 Å². The van der Waals surface area contributed by atoms with Gasteiger partial charge in [0, 0.05) is 10.9 Å². The SMILES string of the molecule is O=C(Cc1ccc(Cl)cc1)N[C@H]1[C@H](O)[C@H](O)C[C@@H]1c1ccccc1. The Balaban J connectivity index is 1.71. The van der Waals surface area contributed by atoms with Crippen LogP contribution in [0.5, 0.6) is 0 Å². The highest BCUT2D eigenvalue weighted by atomic mass is 35.5. The molecule has 0 aromatic heterocycles. The number of aliphatic hydroxyl groups excluding tert-OH is 2.